The minimum atomic E-state index is -1.86. The Hall–Kier alpha value is 0.0969. The minimum Gasteiger partial charge on any atom is -0.376 e. The first-order chi connectivity index (χ1) is 10.8. The average molecular weight is 333 g/mol. The summed E-state index contributed by atoms with van der Waals surface area (Å²) in [6.07, 6.45) is 15.5. The molecule has 4 heteroatoms. The van der Waals surface area contributed by atoms with Gasteiger partial charge < -0.3 is 13.3 Å². The van der Waals surface area contributed by atoms with Crippen molar-refractivity contribution in [3.63, 3.8) is 0 Å². The third-order valence-electron chi connectivity index (χ3n) is 3.81. The second-order valence-electron chi connectivity index (χ2n) is 6.02. The molecule has 0 N–H and O–H groups in total. The lowest BCUT2D eigenvalue weighted by molar-refractivity contribution is 0.0942. The molecule has 0 bridgehead atoms. The van der Waals surface area contributed by atoms with E-state index >= 15 is 0 Å². The third-order valence-corrected chi connectivity index (χ3v) is 5.43. The van der Waals surface area contributed by atoms with Gasteiger partial charge in [-0.25, -0.2) is 0 Å². The van der Waals surface area contributed by atoms with E-state index in [0.717, 1.165) is 26.1 Å². The van der Waals surface area contributed by atoms with Crippen LogP contribution in [-0.2, 0) is 13.3 Å². The predicted molar refractivity (Wildman–Crippen MR) is 97.4 cm³/mol. The molecule has 0 fully saturated rings. The Morgan fingerprint density at radius 2 is 0.909 bits per heavy atom. The van der Waals surface area contributed by atoms with Crippen LogP contribution in [0.15, 0.2) is 0 Å². The first-order valence-corrected chi connectivity index (χ1v) is 11.1. The summed E-state index contributed by atoms with van der Waals surface area (Å²) < 4.78 is 17.3. The van der Waals surface area contributed by atoms with Gasteiger partial charge in [-0.3, -0.25) is 0 Å². The number of rotatable bonds is 18. The Bertz CT molecular complexity index is 185. The molecule has 22 heavy (non-hydrogen) atoms. The molecule has 134 valence electrons. The van der Waals surface area contributed by atoms with Crippen molar-refractivity contribution in [3.05, 3.63) is 0 Å². The first-order valence-electron chi connectivity index (χ1n) is 9.69. The zero-order valence-electron chi connectivity index (χ0n) is 15.4. The maximum atomic E-state index is 5.83. The van der Waals surface area contributed by atoms with Crippen LogP contribution in [0.1, 0.15) is 97.8 Å². The molecule has 0 saturated heterocycles. The van der Waals surface area contributed by atoms with Gasteiger partial charge in [0.25, 0.3) is 0 Å². The van der Waals surface area contributed by atoms with Gasteiger partial charge in [0.15, 0.2) is 0 Å². The highest BCUT2D eigenvalue weighted by molar-refractivity contribution is 6.36. The molecule has 0 atom stereocenters. The van der Waals surface area contributed by atoms with Crippen molar-refractivity contribution in [2.75, 3.05) is 19.8 Å². The van der Waals surface area contributed by atoms with E-state index in [1.54, 1.807) is 0 Å². The van der Waals surface area contributed by atoms with Gasteiger partial charge in [0.05, 0.1) is 0 Å². The Kier molecular flexibility index (Phi) is 19.2. The summed E-state index contributed by atoms with van der Waals surface area (Å²) in [6, 6.07) is 0. The fourth-order valence-electron chi connectivity index (χ4n) is 2.40. The quantitative estimate of drug-likeness (QED) is 0.245. The molecule has 0 amide bonds. The van der Waals surface area contributed by atoms with Gasteiger partial charge in [-0.1, -0.05) is 78.1 Å². The monoisotopic (exact) mass is 332 g/mol. The van der Waals surface area contributed by atoms with E-state index in [1.807, 2.05) is 6.92 Å². The van der Waals surface area contributed by atoms with E-state index in [2.05, 4.69) is 13.8 Å². The van der Waals surface area contributed by atoms with Gasteiger partial charge in [0, 0.05) is 19.8 Å². The molecule has 0 radical (unpaired) electrons. The Labute approximate surface area is 141 Å². The largest absolute Gasteiger partial charge is 0.484 e. The summed E-state index contributed by atoms with van der Waals surface area (Å²) >= 11 is 0. The normalized spacial score (nSPS) is 11.5. The van der Waals surface area contributed by atoms with Gasteiger partial charge in [0.2, 0.25) is 0 Å². The Morgan fingerprint density at radius 3 is 1.32 bits per heavy atom. The maximum absolute atomic E-state index is 5.83. The number of hydrogen-bond acceptors (Lipinski definition) is 3. The van der Waals surface area contributed by atoms with Gasteiger partial charge in [-0.15, -0.1) is 0 Å². The minimum absolute atomic E-state index is 0.698. The van der Waals surface area contributed by atoms with Crippen molar-refractivity contribution in [3.8, 4) is 0 Å². The smallest absolute Gasteiger partial charge is 0.376 e. The van der Waals surface area contributed by atoms with E-state index in [1.165, 1.54) is 64.2 Å². The molecule has 0 rings (SSSR count). The molecule has 0 heterocycles. The topological polar surface area (TPSA) is 27.7 Å². The van der Waals surface area contributed by atoms with Gasteiger partial charge in [0.1, 0.15) is 0 Å². The molecular formula is C18H40O3Si. The summed E-state index contributed by atoms with van der Waals surface area (Å²) in [7, 11) is -1.86. The lowest BCUT2D eigenvalue weighted by Gasteiger charge is -2.16. The summed E-state index contributed by atoms with van der Waals surface area (Å²) in [5.41, 5.74) is 0. The van der Waals surface area contributed by atoms with Crippen LogP contribution in [0.2, 0.25) is 0 Å². The highest BCUT2D eigenvalue weighted by Gasteiger charge is 2.13. The predicted octanol–water partition coefficient (Wildman–Crippen LogP) is 5.49. The van der Waals surface area contributed by atoms with Crippen LogP contribution in [0.3, 0.4) is 0 Å². The van der Waals surface area contributed by atoms with E-state index < -0.39 is 9.53 Å². The van der Waals surface area contributed by atoms with E-state index in [4.69, 9.17) is 13.3 Å². The summed E-state index contributed by atoms with van der Waals surface area (Å²) in [4.78, 5) is 0. The molecule has 0 aromatic heterocycles. The Balaban J connectivity index is 3.44. The average Bonchev–Trinajstić information content (AvgIpc) is 2.53. The zero-order valence-corrected chi connectivity index (χ0v) is 16.6. The Morgan fingerprint density at radius 1 is 0.500 bits per heavy atom. The molecule has 0 aromatic carbocycles. The molecule has 0 aliphatic heterocycles. The first kappa shape index (κ1) is 22.1. The van der Waals surface area contributed by atoms with Crippen LogP contribution < -0.4 is 0 Å². The van der Waals surface area contributed by atoms with Crippen LogP contribution in [0.25, 0.3) is 0 Å². The second kappa shape index (κ2) is 19.1. The van der Waals surface area contributed by atoms with Crippen molar-refractivity contribution in [2.24, 2.45) is 0 Å². The van der Waals surface area contributed by atoms with Crippen molar-refractivity contribution in [1.29, 1.82) is 0 Å². The highest BCUT2D eigenvalue weighted by Crippen LogP contribution is 2.07. The number of unbranched alkanes of at least 4 members (excludes halogenated alkanes) is 10. The molecule has 0 aliphatic rings. The molecule has 0 aliphatic carbocycles. The van der Waals surface area contributed by atoms with Gasteiger partial charge in [-0.05, 0) is 19.8 Å². The molecule has 0 aromatic rings. The lowest BCUT2D eigenvalue weighted by atomic mass is 10.1. The highest BCUT2D eigenvalue weighted by atomic mass is 28.3. The van der Waals surface area contributed by atoms with Crippen LogP contribution in [0.4, 0.5) is 0 Å². The standard InChI is InChI=1S/C18H40O3Si/c1-4-7-9-11-13-15-17-20-22(19-6-3)21-18-16-14-12-10-8-5-2/h22H,4-18H2,1-3H3. The third kappa shape index (κ3) is 16.5. The molecule has 0 spiro atoms. The SMILES string of the molecule is CCCCCCCCO[SiH](OCC)OCCCCCCCC. The molecule has 0 unspecified atom stereocenters. The van der Waals surface area contributed by atoms with Crippen molar-refractivity contribution < 1.29 is 13.3 Å². The molecule has 0 saturated carbocycles. The fourth-order valence-corrected chi connectivity index (χ4v) is 3.68. The number of hydrogen-bond donors (Lipinski definition) is 0. The van der Waals surface area contributed by atoms with Crippen LogP contribution in [-0.4, -0.2) is 29.3 Å². The molecular weight excluding hydrogens is 292 g/mol. The van der Waals surface area contributed by atoms with Gasteiger partial charge >= 0.3 is 9.53 Å². The van der Waals surface area contributed by atoms with Crippen LogP contribution in [0, 0.1) is 0 Å². The van der Waals surface area contributed by atoms with Crippen molar-refractivity contribution in [1.82, 2.24) is 0 Å². The molecule has 3 nitrogen and oxygen atoms in total. The van der Waals surface area contributed by atoms with Gasteiger partial charge in [-0.2, -0.15) is 0 Å². The zero-order chi connectivity index (χ0) is 16.3. The second-order valence-corrected chi connectivity index (χ2v) is 7.60. The lowest BCUT2D eigenvalue weighted by Crippen LogP contribution is -2.28. The van der Waals surface area contributed by atoms with Crippen LogP contribution >= 0.6 is 0 Å². The van der Waals surface area contributed by atoms with Crippen molar-refractivity contribution in [2.45, 2.75) is 97.8 Å². The maximum Gasteiger partial charge on any atom is 0.484 e. The van der Waals surface area contributed by atoms with Crippen LogP contribution in [0.5, 0.6) is 0 Å². The fraction of sp³-hybridized carbons (Fsp3) is 1.00. The van der Waals surface area contributed by atoms with E-state index in [-0.39, 0.29) is 0 Å². The van der Waals surface area contributed by atoms with E-state index in [9.17, 15) is 0 Å². The van der Waals surface area contributed by atoms with Crippen molar-refractivity contribution >= 4 is 9.53 Å². The summed E-state index contributed by atoms with van der Waals surface area (Å²) in [5, 5.41) is 0. The van der Waals surface area contributed by atoms with E-state index in [0.29, 0.717) is 6.61 Å². The summed E-state index contributed by atoms with van der Waals surface area (Å²) in [6.45, 7) is 8.83. The summed E-state index contributed by atoms with van der Waals surface area (Å²) in [5.74, 6) is 0.